The molecule has 1 heterocycles. The molecule has 3 N–H and O–H groups in total. The quantitative estimate of drug-likeness (QED) is 0.810. The lowest BCUT2D eigenvalue weighted by Crippen LogP contribution is -2.43. The van der Waals surface area contributed by atoms with Crippen molar-refractivity contribution in [3.05, 3.63) is 11.8 Å². The van der Waals surface area contributed by atoms with Crippen molar-refractivity contribution < 1.29 is 4.79 Å². The Bertz CT molecular complexity index is 381. The first-order valence-corrected chi connectivity index (χ1v) is 5.47. The zero-order chi connectivity index (χ0) is 12.3. The zero-order valence-electron chi connectivity index (χ0n) is 10.4. The summed E-state index contributed by atoms with van der Waals surface area (Å²) in [6, 6.07) is 0. The third-order valence-electron chi connectivity index (χ3n) is 2.56. The number of aromatic nitrogens is 2. The van der Waals surface area contributed by atoms with E-state index in [1.54, 1.807) is 7.05 Å². The van der Waals surface area contributed by atoms with E-state index in [2.05, 4.69) is 17.3 Å². The Morgan fingerprint density at radius 1 is 1.62 bits per heavy atom. The summed E-state index contributed by atoms with van der Waals surface area (Å²) in [7, 11) is 1.71. The highest BCUT2D eigenvalue weighted by molar-refractivity contribution is 5.98. The van der Waals surface area contributed by atoms with Gasteiger partial charge in [-0.2, -0.15) is 5.10 Å². The molecule has 0 bridgehead atoms. The van der Waals surface area contributed by atoms with Gasteiger partial charge in [0, 0.05) is 12.6 Å². The number of carbonyl (C=O) groups is 1. The maximum absolute atomic E-state index is 11.9. The second-order valence-corrected chi connectivity index (χ2v) is 4.66. The molecule has 0 atom stereocenters. The SMILES string of the molecule is CCCC(C)(C)NC(=O)c1cnn(C)c1N. The fourth-order valence-electron chi connectivity index (χ4n) is 1.68. The van der Waals surface area contributed by atoms with Crippen LogP contribution in [-0.4, -0.2) is 21.2 Å². The Hall–Kier alpha value is -1.52. The van der Waals surface area contributed by atoms with Crippen molar-refractivity contribution in [2.45, 2.75) is 39.2 Å². The minimum atomic E-state index is -0.214. The molecular weight excluding hydrogens is 204 g/mol. The van der Waals surface area contributed by atoms with Crippen molar-refractivity contribution in [1.29, 1.82) is 0 Å². The van der Waals surface area contributed by atoms with Gasteiger partial charge in [-0.25, -0.2) is 0 Å². The van der Waals surface area contributed by atoms with Crippen LogP contribution in [0.4, 0.5) is 5.82 Å². The molecule has 0 aliphatic rings. The molecule has 1 rings (SSSR count). The van der Waals surface area contributed by atoms with Gasteiger partial charge < -0.3 is 11.1 Å². The summed E-state index contributed by atoms with van der Waals surface area (Å²) in [5.41, 5.74) is 5.96. The molecule has 1 amide bonds. The average Bonchev–Trinajstić information content (AvgIpc) is 2.46. The van der Waals surface area contributed by atoms with Crippen molar-refractivity contribution in [3.63, 3.8) is 0 Å². The van der Waals surface area contributed by atoms with Gasteiger partial charge in [0.05, 0.1) is 6.20 Å². The second-order valence-electron chi connectivity index (χ2n) is 4.66. The number of rotatable bonds is 4. The van der Waals surface area contributed by atoms with E-state index in [0.29, 0.717) is 11.4 Å². The van der Waals surface area contributed by atoms with Crippen LogP contribution in [-0.2, 0) is 7.05 Å². The lowest BCUT2D eigenvalue weighted by atomic mass is 9.98. The maximum atomic E-state index is 11.9. The Morgan fingerprint density at radius 2 is 2.25 bits per heavy atom. The normalized spacial score (nSPS) is 11.5. The highest BCUT2D eigenvalue weighted by atomic mass is 16.1. The van der Waals surface area contributed by atoms with Gasteiger partial charge in [-0.15, -0.1) is 0 Å². The highest BCUT2D eigenvalue weighted by Gasteiger charge is 2.22. The Labute approximate surface area is 96.0 Å². The fraction of sp³-hybridized carbons (Fsp3) is 0.636. The molecule has 0 aromatic carbocycles. The third kappa shape index (κ3) is 2.74. The van der Waals surface area contributed by atoms with Crippen LogP contribution >= 0.6 is 0 Å². The molecule has 5 nitrogen and oxygen atoms in total. The lowest BCUT2D eigenvalue weighted by Gasteiger charge is -2.25. The molecule has 0 saturated carbocycles. The first kappa shape index (κ1) is 12.5. The number of nitrogen functional groups attached to an aromatic ring is 1. The summed E-state index contributed by atoms with van der Waals surface area (Å²) in [5, 5.41) is 6.90. The number of nitrogens with zero attached hydrogens (tertiary/aromatic N) is 2. The van der Waals surface area contributed by atoms with E-state index in [1.807, 2.05) is 13.8 Å². The van der Waals surface area contributed by atoms with E-state index in [9.17, 15) is 4.79 Å². The number of amides is 1. The van der Waals surface area contributed by atoms with E-state index in [0.717, 1.165) is 12.8 Å². The number of hydrogen-bond acceptors (Lipinski definition) is 3. The third-order valence-corrected chi connectivity index (χ3v) is 2.56. The molecular formula is C11H20N4O. The van der Waals surface area contributed by atoms with Crippen molar-refractivity contribution in [2.24, 2.45) is 7.05 Å². The van der Waals surface area contributed by atoms with E-state index in [4.69, 9.17) is 5.73 Å². The summed E-state index contributed by atoms with van der Waals surface area (Å²) in [6.45, 7) is 6.09. The van der Waals surface area contributed by atoms with Crippen molar-refractivity contribution in [1.82, 2.24) is 15.1 Å². The minimum absolute atomic E-state index is 0.163. The summed E-state index contributed by atoms with van der Waals surface area (Å²) in [5.74, 6) is 0.230. The maximum Gasteiger partial charge on any atom is 0.257 e. The standard InChI is InChI=1S/C11H20N4O/c1-5-6-11(2,3)14-10(16)8-7-13-15(4)9(8)12/h7H,5-6,12H2,1-4H3,(H,14,16). The highest BCUT2D eigenvalue weighted by Crippen LogP contribution is 2.14. The molecule has 0 aliphatic heterocycles. The fourth-order valence-corrected chi connectivity index (χ4v) is 1.68. The van der Waals surface area contributed by atoms with Crippen LogP contribution < -0.4 is 11.1 Å². The first-order valence-electron chi connectivity index (χ1n) is 5.47. The van der Waals surface area contributed by atoms with Crippen LogP contribution in [0.15, 0.2) is 6.20 Å². The second kappa shape index (κ2) is 4.55. The molecule has 0 aliphatic carbocycles. The van der Waals surface area contributed by atoms with Gasteiger partial charge >= 0.3 is 0 Å². The van der Waals surface area contributed by atoms with E-state index in [1.165, 1.54) is 10.9 Å². The molecule has 0 fully saturated rings. The van der Waals surface area contributed by atoms with Gasteiger partial charge in [0.15, 0.2) is 0 Å². The van der Waals surface area contributed by atoms with Crippen LogP contribution in [0, 0.1) is 0 Å². The smallest absolute Gasteiger partial charge is 0.257 e. The van der Waals surface area contributed by atoms with Crippen molar-refractivity contribution >= 4 is 11.7 Å². The summed E-state index contributed by atoms with van der Waals surface area (Å²) < 4.78 is 1.49. The van der Waals surface area contributed by atoms with E-state index >= 15 is 0 Å². The summed E-state index contributed by atoms with van der Waals surface area (Å²) in [4.78, 5) is 11.9. The number of nitrogens with two attached hydrogens (primary N) is 1. The lowest BCUT2D eigenvalue weighted by molar-refractivity contribution is 0.0910. The number of anilines is 1. The van der Waals surface area contributed by atoms with Gasteiger partial charge in [-0.05, 0) is 20.3 Å². The van der Waals surface area contributed by atoms with Crippen LogP contribution in [0.5, 0.6) is 0 Å². The predicted molar refractivity (Wildman–Crippen MR) is 64.1 cm³/mol. The molecule has 1 aromatic heterocycles. The Balaban J connectivity index is 2.77. The molecule has 0 radical (unpaired) electrons. The number of carbonyl (C=O) groups excluding carboxylic acids is 1. The largest absolute Gasteiger partial charge is 0.383 e. The molecule has 0 saturated heterocycles. The van der Waals surface area contributed by atoms with Crippen LogP contribution in [0.25, 0.3) is 0 Å². The zero-order valence-corrected chi connectivity index (χ0v) is 10.4. The molecule has 0 spiro atoms. The monoisotopic (exact) mass is 224 g/mol. The van der Waals surface area contributed by atoms with Gasteiger partial charge in [0.1, 0.15) is 11.4 Å². The van der Waals surface area contributed by atoms with Gasteiger partial charge in [-0.3, -0.25) is 9.48 Å². The predicted octanol–water partition coefficient (Wildman–Crippen LogP) is 1.31. The molecule has 1 aromatic rings. The molecule has 5 heteroatoms. The van der Waals surface area contributed by atoms with Gasteiger partial charge in [0.2, 0.25) is 0 Å². The van der Waals surface area contributed by atoms with E-state index < -0.39 is 0 Å². The number of hydrogen-bond donors (Lipinski definition) is 2. The molecule has 16 heavy (non-hydrogen) atoms. The molecule has 90 valence electrons. The van der Waals surface area contributed by atoms with Crippen molar-refractivity contribution in [3.8, 4) is 0 Å². The summed E-state index contributed by atoms with van der Waals surface area (Å²) >= 11 is 0. The summed E-state index contributed by atoms with van der Waals surface area (Å²) in [6.07, 6.45) is 3.45. The molecule has 0 unspecified atom stereocenters. The van der Waals surface area contributed by atoms with E-state index in [-0.39, 0.29) is 11.4 Å². The first-order chi connectivity index (χ1) is 7.37. The van der Waals surface area contributed by atoms with Gasteiger partial charge in [0.25, 0.3) is 5.91 Å². The number of aryl methyl sites for hydroxylation is 1. The van der Waals surface area contributed by atoms with Crippen LogP contribution in [0.1, 0.15) is 44.0 Å². The van der Waals surface area contributed by atoms with Crippen LogP contribution in [0.3, 0.4) is 0 Å². The minimum Gasteiger partial charge on any atom is -0.383 e. The average molecular weight is 224 g/mol. The van der Waals surface area contributed by atoms with Gasteiger partial charge in [-0.1, -0.05) is 13.3 Å². The number of nitrogens with one attached hydrogen (secondary N) is 1. The Morgan fingerprint density at radius 3 is 2.69 bits per heavy atom. The Kier molecular flexibility index (Phi) is 3.57. The van der Waals surface area contributed by atoms with Crippen molar-refractivity contribution in [2.75, 3.05) is 5.73 Å². The topological polar surface area (TPSA) is 72.9 Å². The van der Waals surface area contributed by atoms with Crippen LogP contribution in [0.2, 0.25) is 0 Å².